The molecule has 0 spiro atoms. The summed E-state index contributed by atoms with van der Waals surface area (Å²) >= 11 is 0. The molecule has 0 atom stereocenters. The predicted molar refractivity (Wildman–Crippen MR) is 112 cm³/mol. The standard InChI is InChI=1S/C22H26N4O3/c1-5-11-29-19-9-7-17(13-20(19)28-6-2)22(27)24-18-8-10-21(23-14-18)26-16(4)12-15(3)25-26/h7-10,12-14H,5-6,11H2,1-4H3,(H,24,27). The quantitative estimate of drug-likeness (QED) is 0.615. The highest BCUT2D eigenvalue weighted by Crippen LogP contribution is 2.29. The minimum Gasteiger partial charge on any atom is -0.490 e. The first-order chi connectivity index (χ1) is 14.0. The average Bonchev–Trinajstić information content (AvgIpc) is 3.05. The minimum absolute atomic E-state index is 0.242. The van der Waals surface area contributed by atoms with Crippen molar-refractivity contribution in [2.75, 3.05) is 18.5 Å². The molecule has 0 unspecified atom stereocenters. The Balaban J connectivity index is 1.74. The molecule has 0 radical (unpaired) electrons. The SMILES string of the molecule is CCCOc1ccc(C(=O)Nc2ccc(-n3nc(C)cc3C)nc2)cc1OCC. The lowest BCUT2D eigenvalue weighted by Gasteiger charge is -2.13. The van der Waals surface area contributed by atoms with Gasteiger partial charge in [-0.1, -0.05) is 6.92 Å². The third kappa shape index (κ3) is 4.93. The van der Waals surface area contributed by atoms with E-state index in [-0.39, 0.29) is 5.91 Å². The third-order valence-corrected chi connectivity index (χ3v) is 4.20. The number of aromatic nitrogens is 3. The highest BCUT2D eigenvalue weighted by molar-refractivity contribution is 6.04. The van der Waals surface area contributed by atoms with Crippen molar-refractivity contribution in [3.63, 3.8) is 0 Å². The molecule has 0 bridgehead atoms. The zero-order valence-corrected chi connectivity index (χ0v) is 17.2. The van der Waals surface area contributed by atoms with Crippen molar-refractivity contribution < 1.29 is 14.3 Å². The lowest BCUT2D eigenvalue weighted by Crippen LogP contribution is -2.13. The van der Waals surface area contributed by atoms with Crippen LogP contribution in [0.15, 0.2) is 42.6 Å². The highest BCUT2D eigenvalue weighted by atomic mass is 16.5. The summed E-state index contributed by atoms with van der Waals surface area (Å²) in [6, 6.07) is 10.8. The molecule has 0 aliphatic carbocycles. The van der Waals surface area contributed by atoms with Crippen molar-refractivity contribution in [2.24, 2.45) is 0 Å². The summed E-state index contributed by atoms with van der Waals surface area (Å²) in [5.74, 6) is 1.66. The molecule has 0 saturated heterocycles. The van der Waals surface area contributed by atoms with Crippen LogP contribution in [0, 0.1) is 13.8 Å². The van der Waals surface area contributed by atoms with E-state index in [9.17, 15) is 4.79 Å². The molecule has 0 fully saturated rings. The van der Waals surface area contributed by atoms with Crippen LogP contribution in [-0.2, 0) is 0 Å². The lowest BCUT2D eigenvalue weighted by molar-refractivity contribution is 0.102. The number of aryl methyl sites for hydroxylation is 2. The Bertz CT molecular complexity index is 980. The van der Waals surface area contributed by atoms with Crippen LogP contribution in [0.3, 0.4) is 0 Å². The second-order valence-electron chi connectivity index (χ2n) is 6.64. The van der Waals surface area contributed by atoms with Crippen molar-refractivity contribution in [1.82, 2.24) is 14.8 Å². The molecule has 1 aromatic carbocycles. The molecule has 0 aliphatic rings. The summed E-state index contributed by atoms with van der Waals surface area (Å²) in [5, 5.41) is 7.28. The predicted octanol–water partition coefficient (Wildman–Crippen LogP) is 4.32. The van der Waals surface area contributed by atoms with Crippen molar-refractivity contribution in [3.05, 3.63) is 59.5 Å². The van der Waals surface area contributed by atoms with Gasteiger partial charge in [0, 0.05) is 11.3 Å². The molecule has 1 N–H and O–H groups in total. The first-order valence-electron chi connectivity index (χ1n) is 9.72. The number of rotatable bonds is 8. The van der Waals surface area contributed by atoms with E-state index in [4.69, 9.17) is 9.47 Å². The van der Waals surface area contributed by atoms with Gasteiger partial charge in [0.15, 0.2) is 17.3 Å². The molecule has 7 nitrogen and oxygen atoms in total. The van der Waals surface area contributed by atoms with E-state index >= 15 is 0 Å². The van der Waals surface area contributed by atoms with Crippen molar-refractivity contribution in [1.29, 1.82) is 0 Å². The van der Waals surface area contributed by atoms with Gasteiger partial charge in [-0.2, -0.15) is 5.10 Å². The van der Waals surface area contributed by atoms with E-state index < -0.39 is 0 Å². The molecular formula is C22H26N4O3. The van der Waals surface area contributed by atoms with Crippen molar-refractivity contribution >= 4 is 11.6 Å². The topological polar surface area (TPSA) is 78.3 Å². The number of benzene rings is 1. The van der Waals surface area contributed by atoms with Crippen LogP contribution in [0.25, 0.3) is 5.82 Å². The number of nitrogens with zero attached hydrogens (tertiary/aromatic N) is 3. The van der Waals surface area contributed by atoms with Gasteiger partial charge in [0.25, 0.3) is 5.91 Å². The van der Waals surface area contributed by atoms with Crippen LogP contribution >= 0.6 is 0 Å². The molecule has 0 aliphatic heterocycles. The van der Waals surface area contributed by atoms with E-state index in [1.54, 1.807) is 35.1 Å². The van der Waals surface area contributed by atoms with Crippen LogP contribution in [0.2, 0.25) is 0 Å². The second-order valence-corrected chi connectivity index (χ2v) is 6.64. The summed E-state index contributed by atoms with van der Waals surface area (Å²) in [7, 11) is 0. The summed E-state index contributed by atoms with van der Waals surface area (Å²) in [5.41, 5.74) is 3.02. The van der Waals surface area contributed by atoms with Gasteiger partial charge in [0.05, 0.1) is 30.8 Å². The monoisotopic (exact) mass is 394 g/mol. The summed E-state index contributed by atoms with van der Waals surface area (Å²) in [6.45, 7) is 8.93. The van der Waals surface area contributed by atoms with Gasteiger partial charge in [0.2, 0.25) is 0 Å². The van der Waals surface area contributed by atoms with E-state index in [0.29, 0.717) is 41.8 Å². The highest BCUT2D eigenvalue weighted by Gasteiger charge is 2.13. The fraction of sp³-hybridized carbons (Fsp3) is 0.318. The van der Waals surface area contributed by atoms with E-state index in [2.05, 4.69) is 15.4 Å². The van der Waals surface area contributed by atoms with Crippen LogP contribution in [0.5, 0.6) is 11.5 Å². The zero-order chi connectivity index (χ0) is 20.8. The first kappa shape index (κ1) is 20.4. The molecule has 3 rings (SSSR count). The molecule has 2 aromatic heterocycles. The molecule has 29 heavy (non-hydrogen) atoms. The maximum Gasteiger partial charge on any atom is 0.255 e. The zero-order valence-electron chi connectivity index (χ0n) is 17.2. The smallest absolute Gasteiger partial charge is 0.255 e. The fourth-order valence-corrected chi connectivity index (χ4v) is 2.90. The van der Waals surface area contributed by atoms with Gasteiger partial charge in [0.1, 0.15) is 0 Å². The van der Waals surface area contributed by atoms with Gasteiger partial charge < -0.3 is 14.8 Å². The Kier molecular flexibility index (Phi) is 6.49. The summed E-state index contributed by atoms with van der Waals surface area (Å²) in [4.78, 5) is 17.1. The number of hydrogen-bond donors (Lipinski definition) is 1. The number of nitrogens with one attached hydrogen (secondary N) is 1. The third-order valence-electron chi connectivity index (χ3n) is 4.20. The minimum atomic E-state index is -0.242. The largest absolute Gasteiger partial charge is 0.490 e. The lowest BCUT2D eigenvalue weighted by atomic mass is 10.2. The molecule has 3 aromatic rings. The molecule has 0 saturated carbocycles. The van der Waals surface area contributed by atoms with E-state index in [1.165, 1.54) is 0 Å². The number of ether oxygens (including phenoxy) is 2. The summed E-state index contributed by atoms with van der Waals surface area (Å²) < 4.78 is 13.1. The fourth-order valence-electron chi connectivity index (χ4n) is 2.90. The maximum absolute atomic E-state index is 12.7. The maximum atomic E-state index is 12.7. The van der Waals surface area contributed by atoms with Gasteiger partial charge in [-0.15, -0.1) is 0 Å². The summed E-state index contributed by atoms with van der Waals surface area (Å²) in [6.07, 6.45) is 2.51. The molecule has 7 heteroatoms. The molecule has 2 heterocycles. The Hall–Kier alpha value is -3.35. The average molecular weight is 394 g/mol. The van der Waals surface area contributed by atoms with Crippen LogP contribution in [0.1, 0.15) is 42.0 Å². The van der Waals surface area contributed by atoms with Crippen LogP contribution < -0.4 is 14.8 Å². The van der Waals surface area contributed by atoms with E-state index in [0.717, 1.165) is 17.8 Å². The normalized spacial score (nSPS) is 10.6. The molecular weight excluding hydrogens is 368 g/mol. The van der Waals surface area contributed by atoms with E-state index in [1.807, 2.05) is 39.8 Å². The van der Waals surface area contributed by atoms with Crippen LogP contribution in [-0.4, -0.2) is 33.9 Å². The van der Waals surface area contributed by atoms with Gasteiger partial charge in [-0.25, -0.2) is 9.67 Å². The number of pyridine rings is 1. The second kappa shape index (κ2) is 9.23. The molecule has 1 amide bonds. The Labute approximate surface area is 170 Å². The Morgan fingerprint density at radius 3 is 2.52 bits per heavy atom. The number of anilines is 1. The van der Waals surface area contributed by atoms with Gasteiger partial charge >= 0.3 is 0 Å². The Morgan fingerprint density at radius 1 is 1.07 bits per heavy atom. The molecule has 152 valence electrons. The first-order valence-corrected chi connectivity index (χ1v) is 9.72. The van der Waals surface area contributed by atoms with Crippen molar-refractivity contribution in [2.45, 2.75) is 34.1 Å². The van der Waals surface area contributed by atoms with Gasteiger partial charge in [-0.3, -0.25) is 4.79 Å². The number of amides is 1. The number of carbonyl (C=O) groups is 1. The van der Waals surface area contributed by atoms with Crippen molar-refractivity contribution in [3.8, 4) is 17.3 Å². The van der Waals surface area contributed by atoms with Crippen LogP contribution in [0.4, 0.5) is 5.69 Å². The number of carbonyl (C=O) groups excluding carboxylic acids is 1. The number of hydrogen-bond acceptors (Lipinski definition) is 5. The Morgan fingerprint density at radius 2 is 1.90 bits per heavy atom. The van der Waals surface area contributed by atoms with Gasteiger partial charge in [-0.05, 0) is 63.6 Å².